The molecule has 0 spiro atoms. The number of anilines is 1. The van der Waals surface area contributed by atoms with Crippen molar-refractivity contribution in [2.45, 2.75) is 18.5 Å². The topological polar surface area (TPSA) is 53.1 Å². The molecule has 3 atom stereocenters. The quantitative estimate of drug-likeness (QED) is 0.783. The van der Waals surface area contributed by atoms with Gasteiger partial charge in [-0.1, -0.05) is 36.4 Å². The fourth-order valence-electron chi connectivity index (χ4n) is 4.83. The number of ether oxygens (including phenoxy) is 1. The second-order valence-corrected chi connectivity index (χ2v) is 7.18. The molecule has 27 heavy (non-hydrogen) atoms. The average molecular weight is 363 g/mol. The second kappa shape index (κ2) is 6.18. The number of nitrogens with zero attached hydrogens (tertiary/aromatic N) is 3. The lowest BCUT2D eigenvalue weighted by molar-refractivity contribution is -0.126. The van der Waals surface area contributed by atoms with Crippen LogP contribution in [-0.4, -0.2) is 48.1 Å². The van der Waals surface area contributed by atoms with Crippen molar-refractivity contribution < 1.29 is 14.3 Å². The van der Waals surface area contributed by atoms with Crippen molar-refractivity contribution in [1.29, 1.82) is 0 Å². The number of fused-ring (bicyclic) bond motifs is 3. The van der Waals surface area contributed by atoms with Crippen LogP contribution in [0.5, 0.6) is 5.75 Å². The summed E-state index contributed by atoms with van der Waals surface area (Å²) in [4.78, 5) is 28.1. The van der Waals surface area contributed by atoms with Crippen molar-refractivity contribution in [3.05, 3.63) is 60.2 Å². The van der Waals surface area contributed by atoms with E-state index >= 15 is 0 Å². The van der Waals surface area contributed by atoms with Crippen molar-refractivity contribution in [3.8, 4) is 5.75 Å². The summed E-state index contributed by atoms with van der Waals surface area (Å²) in [7, 11) is 1.64. The van der Waals surface area contributed by atoms with Crippen LogP contribution in [0.4, 0.5) is 5.69 Å². The molecule has 0 radical (unpaired) electrons. The van der Waals surface area contributed by atoms with Crippen LogP contribution in [0.3, 0.4) is 0 Å². The third kappa shape index (κ3) is 2.27. The largest absolute Gasteiger partial charge is 0.496 e. The van der Waals surface area contributed by atoms with Gasteiger partial charge in [-0.3, -0.25) is 9.59 Å². The number of para-hydroxylation sites is 2. The van der Waals surface area contributed by atoms with Crippen molar-refractivity contribution in [1.82, 2.24) is 10.0 Å². The van der Waals surface area contributed by atoms with Gasteiger partial charge in [-0.15, -0.1) is 0 Å². The number of benzene rings is 2. The van der Waals surface area contributed by atoms with Crippen LogP contribution in [0.25, 0.3) is 0 Å². The maximum absolute atomic E-state index is 13.4. The molecule has 2 amide bonds. The number of rotatable bonds is 3. The second-order valence-electron chi connectivity index (χ2n) is 7.18. The van der Waals surface area contributed by atoms with Gasteiger partial charge in [0.1, 0.15) is 11.8 Å². The molecule has 0 aliphatic carbocycles. The Hall–Kier alpha value is -2.70. The predicted octanol–water partition coefficient (Wildman–Crippen LogP) is 2.23. The van der Waals surface area contributed by atoms with Gasteiger partial charge in [-0.2, -0.15) is 0 Å². The maximum atomic E-state index is 13.4. The van der Waals surface area contributed by atoms with Gasteiger partial charge in [-0.05, 0) is 24.6 Å². The Bertz CT molecular complexity index is 901. The molecule has 3 unspecified atom stereocenters. The van der Waals surface area contributed by atoms with E-state index < -0.39 is 12.0 Å². The van der Waals surface area contributed by atoms with Crippen LogP contribution in [0.2, 0.25) is 0 Å². The average Bonchev–Trinajstić information content (AvgIpc) is 3.34. The Morgan fingerprint density at radius 3 is 2.26 bits per heavy atom. The molecular weight excluding hydrogens is 342 g/mol. The van der Waals surface area contributed by atoms with Crippen LogP contribution < -0.4 is 9.64 Å². The first kappa shape index (κ1) is 16.5. The predicted molar refractivity (Wildman–Crippen MR) is 100.0 cm³/mol. The van der Waals surface area contributed by atoms with E-state index in [-0.39, 0.29) is 17.9 Å². The molecule has 2 aromatic rings. The number of hydrogen-bond donors (Lipinski definition) is 0. The molecule has 5 rings (SSSR count). The first-order valence-electron chi connectivity index (χ1n) is 9.31. The van der Waals surface area contributed by atoms with Crippen LogP contribution in [0.1, 0.15) is 18.0 Å². The molecule has 0 saturated carbocycles. The van der Waals surface area contributed by atoms with E-state index in [1.54, 1.807) is 7.11 Å². The Balaban J connectivity index is 1.62. The molecule has 3 heterocycles. The molecule has 0 N–H and O–H groups in total. The van der Waals surface area contributed by atoms with E-state index in [1.807, 2.05) is 54.6 Å². The Morgan fingerprint density at radius 2 is 1.52 bits per heavy atom. The number of hydrazine groups is 1. The number of carbonyl (C=O) groups excluding carboxylic acids is 2. The van der Waals surface area contributed by atoms with Gasteiger partial charge in [0.2, 0.25) is 5.91 Å². The summed E-state index contributed by atoms with van der Waals surface area (Å²) in [6.45, 7) is 1.65. The number of hydrogen-bond acceptors (Lipinski definition) is 5. The van der Waals surface area contributed by atoms with Crippen LogP contribution in [0, 0.1) is 5.92 Å². The summed E-state index contributed by atoms with van der Waals surface area (Å²) in [5, 5.41) is 4.30. The normalized spacial score (nSPS) is 27.9. The smallest absolute Gasteiger partial charge is 0.253 e. The van der Waals surface area contributed by atoms with Gasteiger partial charge in [0, 0.05) is 18.7 Å². The highest BCUT2D eigenvalue weighted by molar-refractivity contribution is 6.24. The summed E-state index contributed by atoms with van der Waals surface area (Å²) in [5.74, 6) is 0.0877. The third-order valence-corrected chi connectivity index (χ3v) is 5.88. The van der Waals surface area contributed by atoms with Crippen molar-refractivity contribution in [2.75, 3.05) is 25.1 Å². The van der Waals surface area contributed by atoms with E-state index in [1.165, 1.54) is 4.90 Å². The molecule has 3 aliphatic rings. The molecule has 138 valence electrons. The molecule has 3 saturated heterocycles. The molecule has 0 bridgehead atoms. The maximum Gasteiger partial charge on any atom is 0.253 e. The standard InChI is InChI=1S/C21H21N3O3/c1-27-16-11-6-5-10-15(16)18-17-19(23-13-7-12-22(18)23)21(26)24(20(17)25)14-8-3-2-4-9-14/h2-6,8-11,17-19H,7,12-13H2,1H3. The van der Waals surface area contributed by atoms with Crippen molar-refractivity contribution in [3.63, 3.8) is 0 Å². The lowest BCUT2D eigenvalue weighted by Gasteiger charge is -2.30. The molecule has 3 aliphatic heterocycles. The van der Waals surface area contributed by atoms with Gasteiger partial charge in [-0.25, -0.2) is 14.9 Å². The first-order chi connectivity index (χ1) is 13.2. The Morgan fingerprint density at radius 1 is 0.852 bits per heavy atom. The Labute approximate surface area is 157 Å². The summed E-state index contributed by atoms with van der Waals surface area (Å²) < 4.78 is 5.57. The summed E-state index contributed by atoms with van der Waals surface area (Å²) >= 11 is 0. The van der Waals surface area contributed by atoms with E-state index in [0.29, 0.717) is 5.69 Å². The fraction of sp³-hybridized carbons (Fsp3) is 0.333. The zero-order valence-electron chi connectivity index (χ0n) is 15.1. The lowest BCUT2D eigenvalue weighted by atomic mass is 9.89. The Kier molecular flexibility index (Phi) is 3.77. The van der Waals surface area contributed by atoms with E-state index in [0.717, 1.165) is 30.8 Å². The number of imide groups is 1. The molecule has 2 aromatic carbocycles. The van der Waals surface area contributed by atoms with Crippen LogP contribution in [-0.2, 0) is 9.59 Å². The highest BCUT2D eigenvalue weighted by atomic mass is 16.5. The fourth-order valence-corrected chi connectivity index (χ4v) is 4.83. The SMILES string of the molecule is COc1ccccc1C1C2C(=O)N(c3ccccc3)C(=O)C2N2CCCN12. The zero-order chi connectivity index (χ0) is 18.5. The van der Waals surface area contributed by atoms with Gasteiger partial charge >= 0.3 is 0 Å². The van der Waals surface area contributed by atoms with Crippen LogP contribution >= 0.6 is 0 Å². The summed E-state index contributed by atoms with van der Waals surface area (Å²) in [6, 6.07) is 16.4. The molecule has 6 heteroatoms. The molecular formula is C21H21N3O3. The van der Waals surface area contributed by atoms with Gasteiger partial charge < -0.3 is 4.74 Å². The summed E-state index contributed by atoms with van der Waals surface area (Å²) in [6.07, 6.45) is 0.988. The third-order valence-electron chi connectivity index (χ3n) is 5.88. The molecule has 6 nitrogen and oxygen atoms in total. The number of carbonyl (C=O) groups is 2. The van der Waals surface area contributed by atoms with Gasteiger partial charge in [0.25, 0.3) is 5.91 Å². The summed E-state index contributed by atoms with van der Waals surface area (Å²) in [5.41, 5.74) is 1.61. The van der Waals surface area contributed by atoms with E-state index in [2.05, 4.69) is 10.0 Å². The first-order valence-corrected chi connectivity index (χ1v) is 9.31. The monoisotopic (exact) mass is 363 g/mol. The van der Waals surface area contributed by atoms with Crippen molar-refractivity contribution >= 4 is 17.5 Å². The van der Waals surface area contributed by atoms with Gasteiger partial charge in [0.15, 0.2) is 0 Å². The highest BCUT2D eigenvalue weighted by Gasteiger charge is 2.63. The van der Waals surface area contributed by atoms with Crippen LogP contribution in [0.15, 0.2) is 54.6 Å². The minimum Gasteiger partial charge on any atom is -0.496 e. The van der Waals surface area contributed by atoms with Gasteiger partial charge in [0.05, 0.1) is 24.8 Å². The minimum atomic E-state index is -0.435. The van der Waals surface area contributed by atoms with E-state index in [4.69, 9.17) is 4.74 Å². The van der Waals surface area contributed by atoms with Crippen molar-refractivity contribution in [2.24, 2.45) is 5.92 Å². The number of amides is 2. The number of methoxy groups -OCH3 is 1. The molecule has 3 fully saturated rings. The minimum absolute atomic E-state index is 0.124. The lowest BCUT2D eigenvalue weighted by Crippen LogP contribution is -2.44. The highest BCUT2D eigenvalue weighted by Crippen LogP contribution is 2.50. The zero-order valence-corrected chi connectivity index (χ0v) is 15.1. The van der Waals surface area contributed by atoms with E-state index in [9.17, 15) is 9.59 Å². The molecule has 0 aromatic heterocycles.